The number of rotatable bonds is 5. The maximum absolute atomic E-state index is 12.7. The first-order valence-electron chi connectivity index (χ1n) is 9.06. The van der Waals surface area contributed by atoms with E-state index < -0.39 is 0 Å². The summed E-state index contributed by atoms with van der Waals surface area (Å²) in [6.07, 6.45) is 4.93. The third-order valence-electron chi connectivity index (χ3n) is 5.41. The van der Waals surface area contributed by atoms with Crippen molar-refractivity contribution >= 4 is 6.03 Å². The van der Waals surface area contributed by atoms with Gasteiger partial charge >= 0.3 is 6.03 Å². The monoisotopic (exact) mass is 332 g/mol. The predicted octanol–water partition coefficient (Wildman–Crippen LogP) is 2.78. The highest BCUT2D eigenvalue weighted by molar-refractivity contribution is 5.75. The summed E-state index contributed by atoms with van der Waals surface area (Å²) >= 11 is 0. The summed E-state index contributed by atoms with van der Waals surface area (Å²) in [7, 11) is 0. The molecular formula is C19H28N2O3. The average Bonchev–Trinajstić information content (AvgIpc) is 2.96. The Morgan fingerprint density at radius 2 is 2.12 bits per heavy atom. The smallest absolute Gasteiger partial charge is 0.317 e. The largest absolute Gasteiger partial charge is 0.491 e. The Kier molecular flexibility index (Phi) is 5.61. The Bertz CT molecular complexity index is 563. The van der Waals surface area contributed by atoms with Crippen molar-refractivity contribution in [2.45, 2.75) is 45.2 Å². The summed E-state index contributed by atoms with van der Waals surface area (Å²) in [4.78, 5) is 14.7. The summed E-state index contributed by atoms with van der Waals surface area (Å²) in [5.41, 5.74) is 0.937. The number of ether oxygens (including phenoxy) is 1. The first-order valence-corrected chi connectivity index (χ1v) is 9.06. The van der Waals surface area contributed by atoms with Gasteiger partial charge in [-0.2, -0.15) is 0 Å². The second-order valence-corrected chi connectivity index (χ2v) is 6.98. The van der Waals surface area contributed by atoms with Crippen molar-refractivity contribution < 1.29 is 14.6 Å². The number of likely N-dealkylation sites (tertiary alicyclic amines) is 1. The van der Waals surface area contributed by atoms with Crippen LogP contribution in [0, 0.1) is 11.8 Å². The molecule has 0 radical (unpaired) electrons. The van der Waals surface area contributed by atoms with Gasteiger partial charge in [-0.25, -0.2) is 4.79 Å². The van der Waals surface area contributed by atoms with E-state index in [9.17, 15) is 4.79 Å². The minimum absolute atomic E-state index is 0.0184. The van der Waals surface area contributed by atoms with Crippen LogP contribution in [0.5, 0.6) is 5.75 Å². The lowest BCUT2D eigenvalue weighted by atomic mass is 9.80. The van der Waals surface area contributed by atoms with E-state index in [4.69, 9.17) is 9.84 Å². The first kappa shape index (κ1) is 17.1. The topological polar surface area (TPSA) is 61.8 Å². The van der Waals surface area contributed by atoms with Crippen LogP contribution in [0.25, 0.3) is 0 Å². The Morgan fingerprint density at radius 3 is 2.96 bits per heavy atom. The molecule has 1 aromatic carbocycles. The van der Waals surface area contributed by atoms with Gasteiger partial charge in [-0.3, -0.25) is 0 Å². The molecule has 1 heterocycles. The molecule has 5 heteroatoms. The van der Waals surface area contributed by atoms with Crippen molar-refractivity contribution in [3.05, 3.63) is 29.8 Å². The van der Waals surface area contributed by atoms with Crippen molar-refractivity contribution in [1.82, 2.24) is 10.2 Å². The van der Waals surface area contributed by atoms with Gasteiger partial charge in [0.1, 0.15) is 12.4 Å². The van der Waals surface area contributed by atoms with Crippen LogP contribution >= 0.6 is 0 Å². The summed E-state index contributed by atoms with van der Waals surface area (Å²) in [5.74, 6) is 1.99. The van der Waals surface area contributed by atoms with Crippen molar-refractivity contribution in [1.29, 1.82) is 0 Å². The van der Waals surface area contributed by atoms with Crippen molar-refractivity contribution in [3.63, 3.8) is 0 Å². The highest BCUT2D eigenvalue weighted by atomic mass is 16.5. The number of para-hydroxylation sites is 1. The molecule has 1 saturated heterocycles. The van der Waals surface area contributed by atoms with Crippen LogP contribution in [0.4, 0.5) is 4.79 Å². The van der Waals surface area contributed by atoms with Gasteiger partial charge in [0, 0.05) is 24.7 Å². The molecule has 2 fully saturated rings. The van der Waals surface area contributed by atoms with E-state index in [1.54, 1.807) is 0 Å². The third-order valence-corrected chi connectivity index (χ3v) is 5.41. The van der Waals surface area contributed by atoms with Crippen molar-refractivity contribution in [3.8, 4) is 5.75 Å². The molecule has 0 spiro atoms. The number of carbonyl (C=O) groups excluding carboxylic acids is 1. The maximum atomic E-state index is 12.7. The number of hydrogen-bond donors (Lipinski definition) is 2. The molecule has 2 amide bonds. The molecule has 1 aromatic rings. The van der Waals surface area contributed by atoms with Gasteiger partial charge in [-0.05, 0) is 30.7 Å². The molecule has 1 aliphatic heterocycles. The minimum atomic E-state index is -0.0184. The summed E-state index contributed by atoms with van der Waals surface area (Å²) in [5, 5.41) is 12.0. The number of aliphatic hydroxyl groups is 1. The molecule has 1 saturated carbocycles. The van der Waals surface area contributed by atoms with Crippen molar-refractivity contribution in [2.75, 3.05) is 19.8 Å². The minimum Gasteiger partial charge on any atom is -0.491 e. The zero-order valence-corrected chi connectivity index (χ0v) is 14.4. The quantitative estimate of drug-likeness (QED) is 0.871. The normalized spacial score (nSPS) is 26.1. The molecule has 2 N–H and O–H groups in total. The van der Waals surface area contributed by atoms with E-state index in [2.05, 4.69) is 12.2 Å². The van der Waals surface area contributed by atoms with E-state index in [1.165, 1.54) is 19.3 Å². The Balaban J connectivity index is 1.60. The molecule has 24 heavy (non-hydrogen) atoms. The number of nitrogens with one attached hydrogen (secondary N) is 1. The van der Waals surface area contributed by atoms with Crippen LogP contribution in [0.2, 0.25) is 0 Å². The first-order chi connectivity index (χ1) is 11.7. The molecule has 2 aliphatic rings. The fourth-order valence-electron chi connectivity index (χ4n) is 4.22. The predicted molar refractivity (Wildman–Crippen MR) is 92.9 cm³/mol. The lowest BCUT2D eigenvalue weighted by molar-refractivity contribution is 0.168. The Labute approximate surface area is 144 Å². The fourth-order valence-corrected chi connectivity index (χ4v) is 4.22. The lowest BCUT2D eigenvalue weighted by Crippen LogP contribution is -2.44. The van der Waals surface area contributed by atoms with Gasteiger partial charge in [0.25, 0.3) is 0 Å². The van der Waals surface area contributed by atoms with Gasteiger partial charge < -0.3 is 20.1 Å². The zero-order valence-electron chi connectivity index (χ0n) is 14.4. The van der Waals surface area contributed by atoms with Crippen LogP contribution in [0.1, 0.15) is 38.2 Å². The van der Waals surface area contributed by atoms with Gasteiger partial charge in [0.05, 0.1) is 6.61 Å². The average molecular weight is 332 g/mol. The molecule has 132 valence electrons. The molecule has 0 aromatic heterocycles. The molecule has 3 atom stereocenters. The number of hydrogen-bond acceptors (Lipinski definition) is 3. The number of fused-ring (bicyclic) bond motifs is 1. The summed E-state index contributed by atoms with van der Waals surface area (Å²) in [6.45, 7) is 3.83. The van der Waals surface area contributed by atoms with Crippen LogP contribution in [-0.2, 0) is 6.54 Å². The van der Waals surface area contributed by atoms with Crippen molar-refractivity contribution in [2.24, 2.45) is 11.8 Å². The second-order valence-electron chi connectivity index (χ2n) is 6.98. The van der Waals surface area contributed by atoms with Gasteiger partial charge in [0.2, 0.25) is 0 Å². The molecule has 5 nitrogen and oxygen atoms in total. The molecule has 3 rings (SSSR count). The number of benzene rings is 1. The van der Waals surface area contributed by atoms with E-state index in [0.717, 1.165) is 24.3 Å². The van der Waals surface area contributed by atoms with Gasteiger partial charge in [-0.1, -0.05) is 38.0 Å². The van der Waals surface area contributed by atoms with E-state index in [-0.39, 0.29) is 19.2 Å². The van der Waals surface area contributed by atoms with Crippen LogP contribution in [0.15, 0.2) is 24.3 Å². The number of carbonyl (C=O) groups is 1. The van der Waals surface area contributed by atoms with Gasteiger partial charge in [0.15, 0.2) is 0 Å². The number of urea groups is 1. The Hall–Kier alpha value is -1.75. The third kappa shape index (κ3) is 3.66. The highest BCUT2D eigenvalue weighted by Crippen LogP contribution is 2.39. The fraction of sp³-hybridized carbons (Fsp3) is 0.632. The van der Waals surface area contributed by atoms with Crippen LogP contribution < -0.4 is 10.1 Å². The lowest BCUT2D eigenvalue weighted by Gasteiger charge is -2.32. The SMILES string of the molecule is C[C@@H]1CN(C(=O)NCc2ccccc2OCCO)[C@@H]2CCCC[C@H]12. The maximum Gasteiger partial charge on any atom is 0.317 e. The number of nitrogens with zero attached hydrogens (tertiary/aromatic N) is 1. The second kappa shape index (κ2) is 7.88. The molecular weight excluding hydrogens is 304 g/mol. The van der Waals surface area contributed by atoms with E-state index >= 15 is 0 Å². The number of amides is 2. The van der Waals surface area contributed by atoms with Crippen LogP contribution in [-0.4, -0.2) is 41.8 Å². The summed E-state index contributed by atoms with van der Waals surface area (Å²) in [6, 6.07) is 8.09. The van der Waals surface area contributed by atoms with E-state index in [1.807, 2.05) is 29.2 Å². The molecule has 1 aliphatic carbocycles. The Morgan fingerprint density at radius 1 is 1.33 bits per heavy atom. The van der Waals surface area contributed by atoms with Gasteiger partial charge in [-0.15, -0.1) is 0 Å². The standard InChI is InChI=1S/C19H28N2O3/c1-14-13-21(17-8-4-3-7-16(14)17)19(23)20-12-15-6-2-5-9-18(15)24-11-10-22/h2,5-6,9,14,16-17,22H,3-4,7-8,10-13H2,1H3,(H,20,23)/t14-,16-,17-/m1/s1. The van der Waals surface area contributed by atoms with Crippen LogP contribution in [0.3, 0.4) is 0 Å². The highest BCUT2D eigenvalue weighted by Gasteiger charge is 2.42. The molecule has 0 unspecified atom stereocenters. The number of aliphatic hydroxyl groups excluding tert-OH is 1. The molecule has 0 bridgehead atoms. The summed E-state index contributed by atoms with van der Waals surface area (Å²) < 4.78 is 5.53. The van der Waals surface area contributed by atoms with E-state index in [0.29, 0.717) is 24.4 Å². The zero-order chi connectivity index (χ0) is 16.9.